The molecular weight excluding hydrogens is 246 g/mol. The average Bonchev–Trinajstić information content (AvgIpc) is 2.47. The summed E-state index contributed by atoms with van der Waals surface area (Å²) in [6, 6.07) is 15.9. The highest BCUT2D eigenvalue weighted by Crippen LogP contribution is 2.25. The van der Waals surface area contributed by atoms with E-state index in [0.717, 1.165) is 16.5 Å². The van der Waals surface area contributed by atoms with Crippen LogP contribution in [0.2, 0.25) is 0 Å². The maximum atomic E-state index is 9.99. The lowest BCUT2D eigenvalue weighted by Crippen LogP contribution is -1.81. The summed E-state index contributed by atoms with van der Waals surface area (Å²) in [4.78, 5) is 4.18. The first-order valence-corrected chi connectivity index (χ1v) is 6.55. The van der Waals surface area contributed by atoms with E-state index < -0.39 is 0 Å². The van der Waals surface area contributed by atoms with Crippen molar-refractivity contribution < 1.29 is 5.11 Å². The fourth-order valence-corrected chi connectivity index (χ4v) is 2.16. The third kappa shape index (κ3) is 2.54. The molecule has 20 heavy (non-hydrogen) atoms. The number of aromatic hydroxyl groups is 1. The molecule has 2 nitrogen and oxygen atoms in total. The third-order valence-corrected chi connectivity index (χ3v) is 3.25. The van der Waals surface area contributed by atoms with E-state index in [1.165, 1.54) is 5.56 Å². The number of rotatable bonds is 2. The fraction of sp³-hybridized carbons (Fsp3) is 0.0556. The highest BCUT2D eigenvalue weighted by atomic mass is 16.3. The first kappa shape index (κ1) is 12.4. The normalized spacial score (nSPS) is 11.2. The average molecular weight is 261 g/mol. The summed E-state index contributed by atoms with van der Waals surface area (Å²) in [6.07, 6.45) is 5.72. The highest BCUT2D eigenvalue weighted by Gasteiger charge is 2.01. The molecule has 0 saturated carbocycles. The minimum absolute atomic E-state index is 0.214. The number of aryl methyl sites for hydroxylation is 1. The Morgan fingerprint density at radius 1 is 0.950 bits per heavy atom. The second-order valence-electron chi connectivity index (χ2n) is 4.86. The quantitative estimate of drug-likeness (QED) is 0.693. The SMILES string of the molecule is Cc1ccc(/C=C/c2cc(O)c3ncccc3c2)cc1. The van der Waals surface area contributed by atoms with Crippen LogP contribution in [0.25, 0.3) is 23.1 Å². The molecule has 0 unspecified atom stereocenters. The van der Waals surface area contributed by atoms with Gasteiger partial charge in [0.05, 0.1) is 0 Å². The molecule has 1 heterocycles. The van der Waals surface area contributed by atoms with E-state index in [4.69, 9.17) is 0 Å². The number of nitrogens with zero attached hydrogens (tertiary/aromatic N) is 1. The molecule has 2 heteroatoms. The number of fused-ring (bicyclic) bond motifs is 1. The molecule has 1 N–H and O–H groups in total. The van der Waals surface area contributed by atoms with Gasteiger partial charge in [0.2, 0.25) is 0 Å². The molecular formula is C18H15NO. The van der Waals surface area contributed by atoms with Gasteiger partial charge in [-0.25, -0.2) is 0 Å². The smallest absolute Gasteiger partial charge is 0.142 e. The predicted molar refractivity (Wildman–Crippen MR) is 83.5 cm³/mol. The minimum Gasteiger partial charge on any atom is -0.506 e. The van der Waals surface area contributed by atoms with Crippen LogP contribution in [0.4, 0.5) is 0 Å². The van der Waals surface area contributed by atoms with Crippen LogP contribution in [0.3, 0.4) is 0 Å². The summed E-state index contributed by atoms with van der Waals surface area (Å²) in [5.74, 6) is 0.214. The van der Waals surface area contributed by atoms with Crippen LogP contribution >= 0.6 is 0 Å². The fourth-order valence-electron chi connectivity index (χ4n) is 2.16. The van der Waals surface area contributed by atoms with Crippen LogP contribution in [-0.2, 0) is 0 Å². The minimum atomic E-state index is 0.214. The lowest BCUT2D eigenvalue weighted by atomic mass is 10.1. The van der Waals surface area contributed by atoms with E-state index >= 15 is 0 Å². The molecule has 0 aliphatic carbocycles. The van der Waals surface area contributed by atoms with Gasteiger partial charge < -0.3 is 5.11 Å². The van der Waals surface area contributed by atoms with Crippen molar-refractivity contribution >= 4 is 23.1 Å². The third-order valence-electron chi connectivity index (χ3n) is 3.25. The number of pyridine rings is 1. The molecule has 0 aliphatic rings. The van der Waals surface area contributed by atoms with Crippen molar-refractivity contribution in [3.63, 3.8) is 0 Å². The largest absolute Gasteiger partial charge is 0.506 e. The molecule has 0 amide bonds. The van der Waals surface area contributed by atoms with Gasteiger partial charge >= 0.3 is 0 Å². The van der Waals surface area contributed by atoms with E-state index in [1.807, 2.05) is 30.4 Å². The second kappa shape index (κ2) is 5.17. The highest BCUT2D eigenvalue weighted by molar-refractivity contribution is 5.87. The van der Waals surface area contributed by atoms with Crippen LogP contribution in [0.15, 0.2) is 54.7 Å². The first-order valence-electron chi connectivity index (χ1n) is 6.55. The molecule has 0 saturated heterocycles. The summed E-state index contributed by atoms with van der Waals surface area (Å²) >= 11 is 0. The topological polar surface area (TPSA) is 33.1 Å². The van der Waals surface area contributed by atoms with Crippen LogP contribution in [0.5, 0.6) is 5.75 Å². The Hall–Kier alpha value is -2.61. The molecule has 3 aromatic rings. The Kier molecular flexibility index (Phi) is 3.21. The lowest BCUT2D eigenvalue weighted by Gasteiger charge is -2.02. The molecule has 0 aliphatic heterocycles. The van der Waals surface area contributed by atoms with Gasteiger partial charge in [0.25, 0.3) is 0 Å². The van der Waals surface area contributed by atoms with Crippen LogP contribution < -0.4 is 0 Å². The van der Waals surface area contributed by atoms with E-state index in [1.54, 1.807) is 12.3 Å². The summed E-state index contributed by atoms with van der Waals surface area (Å²) < 4.78 is 0. The molecule has 0 fully saturated rings. The van der Waals surface area contributed by atoms with Crippen molar-refractivity contribution in [3.05, 3.63) is 71.4 Å². The van der Waals surface area contributed by atoms with Crippen molar-refractivity contribution in [1.29, 1.82) is 0 Å². The van der Waals surface area contributed by atoms with E-state index in [-0.39, 0.29) is 5.75 Å². The van der Waals surface area contributed by atoms with Crippen molar-refractivity contribution in [2.45, 2.75) is 6.92 Å². The van der Waals surface area contributed by atoms with Gasteiger partial charge in [-0.05, 0) is 36.2 Å². The van der Waals surface area contributed by atoms with E-state index in [2.05, 4.69) is 36.2 Å². The Bertz CT molecular complexity index is 773. The Labute approximate surface area is 118 Å². The van der Waals surface area contributed by atoms with Gasteiger partial charge in [0, 0.05) is 11.6 Å². The maximum absolute atomic E-state index is 9.99. The van der Waals surface area contributed by atoms with Gasteiger partial charge in [-0.1, -0.05) is 48.0 Å². The number of phenolic OH excluding ortho intramolecular Hbond substituents is 1. The van der Waals surface area contributed by atoms with E-state index in [9.17, 15) is 5.11 Å². The predicted octanol–water partition coefficient (Wildman–Crippen LogP) is 4.42. The number of aromatic nitrogens is 1. The molecule has 0 bridgehead atoms. The Morgan fingerprint density at radius 3 is 2.50 bits per heavy atom. The van der Waals surface area contributed by atoms with Gasteiger partial charge in [-0.2, -0.15) is 0 Å². The summed E-state index contributed by atoms with van der Waals surface area (Å²) in [7, 11) is 0. The van der Waals surface area contributed by atoms with Gasteiger partial charge in [0.1, 0.15) is 11.3 Å². The van der Waals surface area contributed by atoms with Crippen LogP contribution in [0, 0.1) is 6.92 Å². The molecule has 2 aromatic carbocycles. The zero-order valence-electron chi connectivity index (χ0n) is 11.2. The van der Waals surface area contributed by atoms with E-state index in [0.29, 0.717) is 5.52 Å². The summed E-state index contributed by atoms with van der Waals surface area (Å²) in [5, 5.41) is 10.9. The van der Waals surface area contributed by atoms with Crippen molar-refractivity contribution in [2.24, 2.45) is 0 Å². The van der Waals surface area contributed by atoms with Crippen molar-refractivity contribution in [2.75, 3.05) is 0 Å². The molecule has 0 spiro atoms. The monoisotopic (exact) mass is 261 g/mol. The maximum Gasteiger partial charge on any atom is 0.142 e. The first-order chi connectivity index (χ1) is 9.72. The van der Waals surface area contributed by atoms with Gasteiger partial charge in [-0.15, -0.1) is 0 Å². The Balaban J connectivity index is 1.96. The molecule has 98 valence electrons. The van der Waals surface area contributed by atoms with Gasteiger partial charge in [-0.3, -0.25) is 4.98 Å². The van der Waals surface area contributed by atoms with Crippen LogP contribution in [-0.4, -0.2) is 10.1 Å². The number of benzene rings is 2. The molecule has 0 atom stereocenters. The van der Waals surface area contributed by atoms with Crippen LogP contribution in [0.1, 0.15) is 16.7 Å². The Morgan fingerprint density at radius 2 is 1.70 bits per heavy atom. The summed E-state index contributed by atoms with van der Waals surface area (Å²) in [5.41, 5.74) is 3.99. The molecule has 1 aromatic heterocycles. The number of hydrogen-bond donors (Lipinski definition) is 1. The molecule has 3 rings (SSSR count). The lowest BCUT2D eigenvalue weighted by molar-refractivity contribution is 0.480. The van der Waals surface area contributed by atoms with Gasteiger partial charge in [0.15, 0.2) is 0 Å². The molecule has 0 radical (unpaired) electrons. The van der Waals surface area contributed by atoms with Crippen molar-refractivity contribution in [1.82, 2.24) is 4.98 Å². The summed E-state index contributed by atoms with van der Waals surface area (Å²) in [6.45, 7) is 2.07. The standard InChI is InChI=1S/C18H15NO/c1-13-4-6-14(7-5-13)8-9-15-11-16-3-2-10-19-18(16)17(20)12-15/h2-12,20H,1H3/b9-8+. The zero-order chi connectivity index (χ0) is 13.9. The zero-order valence-corrected chi connectivity index (χ0v) is 11.2. The number of phenols is 1. The second-order valence-corrected chi connectivity index (χ2v) is 4.86. The number of hydrogen-bond acceptors (Lipinski definition) is 2. The van der Waals surface area contributed by atoms with Crippen molar-refractivity contribution in [3.8, 4) is 5.75 Å².